The third-order valence-corrected chi connectivity index (χ3v) is 9.80. The molecule has 0 bridgehead atoms. The number of nitrogens with zero attached hydrogens (tertiary/aromatic N) is 6. The summed E-state index contributed by atoms with van der Waals surface area (Å²) >= 11 is 1.75. The highest BCUT2D eigenvalue weighted by Gasteiger charge is 2.28. The summed E-state index contributed by atoms with van der Waals surface area (Å²) in [6.07, 6.45) is 6.97. The number of thiazole rings is 1. The van der Waals surface area contributed by atoms with Crippen molar-refractivity contribution in [3.05, 3.63) is 39.8 Å². The van der Waals surface area contributed by atoms with E-state index in [2.05, 4.69) is 54.7 Å². The second kappa shape index (κ2) is 9.92. The molecule has 0 amide bonds. The highest BCUT2D eigenvalue weighted by molar-refractivity contribution is 7.90. The molecule has 5 heterocycles. The maximum absolute atomic E-state index is 11.5. The van der Waals surface area contributed by atoms with Crippen LogP contribution in [0.3, 0.4) is 0 Å². The summed E-state index contributed by atoms with van der Waals surface area (Å²) in [6, 6.07) is 0. The van der Waals surface area contributed by atoms with Crippen LogP contribution in [0.2, 0.25) is 0 Å². The summed E-state index contributed by atoms with van der Waals surface area (Å²) < 4.78 is 24.9. The highest BCUT2D eigenvalue weighted by atomic mass is 32.2. The number of sulfone groups is 1. The van der Waals surface area contributed by atoms with Crippen LogP contribution in [0.25, 0.3) is 27.6 Å². The zero-order valence-electron chi connectivity index (χ0n) is 22.4. The Bertz CT molecular complexity index is 1540. The molecule has 0 spiro atoms. The molecule has 4 aromatic heterocycles. The fourth-order valence-corrected chi connectivity index (χ4v) is 7.17. The normalized spacial score (nSPS) is 15.9. The maximum atomic E-state index is 11.5. The number of likely N-dealkylation sites (tertiary alicyclic amines) is 1. The molecule has 0 unspecified atom stereocenters. The minimum absolute atomic E-state index is 0.226. The summed E-state index contributed by atoms with van der Waals surface area (Å²) in [5.41, 5.74) is 8.39. The van der Waals surface area contributed by atoms with E-state index in [0.29, 0.717) is 12.5 Å². The van der Waals surface area contributed by atoms with E-state index in [1.807, 2.05) is 10.7 Å². The average Bonchev–Trinajstić information content (AvgIpc) is 3.58. The Hall–Kier alpha value is -2.63. The molecular formula is C26H35N7O2S2. The quantitative estimate of drug-likeness (QED) is 0.366. The highest BCUT2D eigenvalue weighted by Crippen LogP contribution is 2.42. The van der Waals surface area contributed by atoms with Crippen LogP contribution in [-0.2, 0) is 9.84 Å². The SMILES string of the molecule is Cc1nc(-c2n[nH]c(-c3cn4ncnc4c(C)c3C)c2C(C)C)sc1C1CCN(CCS(C)(=O)=O)CC1. The van der Waals surface area contributed by atoms with Crippen LogP contribution in [0.1, 0.15) is 65.8 Å². The second-order valence-electron chi connectivity index (χ2n) is 10.6. The van der Waals surface area contributed by atoms with Gasteiger partial charge in [0.25, 0.3) is 0 Å². The molecule has 198 valence electrons. The molecule has 1 N–H and O–H groups in total. The Balaban J connectivity index is 1.44. The smallest absolute Gasteiger partial charge is 0.158 e. The molecule has 4 aromatic rings. The molecule has 0 aliphatic carbocycles. The first-order chi connectivity index (χ1) is 17.5. The van der Waals surface area contributed by atoms with Gasteiger partial charge in [-0.15, -0.1) is 11.3 Å². The van der Waals surface area contributed by atoms with Crippen LogP contribution >= 0.6 is 11.3 Å². The predicted molar refractivity (Wildman–Crippen MR) is 148 cm³/mol. The van der Waals surface area contributed by atoms with Crippen LogP contribution in [0.4, 0.5) is 0 Å². The summed E-state index contributed by atoms with van der Waals surface area (Å²) in [5, 5.41) is 13.5. The monoisotopic (exact) mass is 541 g/mol. The minimum atomic E-state index is -2.93. The number of hydrogen-bond donors (Lipinski definition) is 1. The van der Waals surface area contributed by atoms with Crippen molar-refractivity contribution in [1.82, 2.24) is 34.7 Å². The Morgan fingerprint density at radius 2 is 1.89 bits per heavy atom. The van der Waals surface area contributed by atoms with Gasteiger partial charge in [-0.25, -0.2) is 22.9 Å². The van der Waals surface area contributed by atoms with Gasteiger partial charge in [0.05, 0.1) is 17.1 Å². The third-order valence-electron chi connectivity index (χ3n) is 7.55. The summed E-state index contributed by atoms with van der Waals surface area (Å²) in [7, 11) is -2.93. The molecule has 0 aromatic carbocycles. The van der Waals surface area contributed by atoms with Gasteiger partial charge in [-0.3, -0.25) is 5.10 Å². The predicted octanol–water partition coefficient (Wildman–Crippen LogP) is 4.52. The minimum Gasteiger partial charge on any atom is -0.302 e. The number of rotatable bonds is 7. The number of aryl methyl sites for hydroxylation is 2. The maximum Gasteiger partial charge on any atom is 0.158 e. The van der Waals surface area contributed by atoms with E-state index in [0.717, 1.165) is 75.9 Å². The van der Waals surface area contributed by atoms with Gasteiger partial charge in [0.2, 0.25) is 0 Å². The van der Waals surface area contributed by atoms with E-state index in [9.17, 15) is 8.42 Å². The van der Waals surface area contributed by atoms with Gasteiger partial charge < -0.3 is 4.90 Å². The number of aromatic nitrogens is 6. The molecule has 1 aliphatic heterocycles. The van der Waals surface area contributed by atoms with Gasteiger partial charge >= 0.3 is 0 Å². The molecule has 11 heteroatoms. The van der Waals surface area contributed by atoms with Crippen molar-refractivity contribution in [3.8, 4) is 22.0 Å². The van der Waals surface area contributed by atoms with Crippen molar-refractivity contribution in [2.45, 2.75) is 59.3 Å². The largest absolute Gasteiger partial charge is 0.302 e. The van der Waals surface area contributed by atoms with Crippen molar-refractivity contribution in [2.75, 3.05) is 31.6 Å². The van der Waals surface area contributed by atoms with Crippen LogP contribution in [-0.4, -0.2) is 74.7 Å². The Morgan fingerprint density at radius 3 is 2.57 bits per heavy atom. The van der Waals surface area contributed by atoms with Gasteiger partial charge in [0.15, 0.2) is 5.65 Å². The van der Waals surface area contributed by atoms with Crippen LogP contribution in [0, 0.1) is 20.8 Å². The lowest BCUT2D eigenvalue weighted by molar-refractivity contribution is 0.224. The van der Waals surface area contributed by atoms with E-state index in [1.54, 1.807) is 17.7 Å². The summed E-state index contributed by atoms with van der Waals surface area (Å²) in [4.78, 5) is 13.0. The van der Waals surface area contributed by atoms with E-state index >= 15 is 0 Å². The Labute approximate surface area is 222 Å². The number of pyridine rings is 1. The van der Waals surface area contributed by atoms with Gasteiger partial charge in [0, 0.05) is 35.0 Å². The number of hydrogen-bond acceptors (Lipinski definition) is 8. The fourth-order valence-electron chi connectivity index (χ4n) is 5.34. The van der Waals surface area contributed by atoms with E-state index in [4.69, 9.17) is 10.1 Å². The molecule has 1 aliphatic rings. The van der Waals surface area contributed by atoms with Gasteiger partial charge in [-0.2, -0.15) is 10.2 Å². The lowest BCUT2D eigenvalue weighted by Gasteiger charge is -2.31. The lowest BCUT2D eigenvalue weighted by Crippen LogP contribution is -2.36. The first-order valence-electron chi connectivity index (χ1n) is 12.8. The third kappa shape index (κ3) is 5.08. The van der Waals surface area contributed by atoms with Crippen molar-refractivity contribution in [2.24, 2.45) is 0 Å². The van der Waals surface area contributed by atoms with Crippen molar-refractivity contribution >= 4 is 26.8 Å². The second-order valence-corrected chi connectivity index (χ2v) is 13.8. The molecule has 37 heavy (non-hydrogen) atoms. The molecule has 0 atom stereocenters. The average molecular weight is 542 g/mol. The van der Waals surface area contributed by atoms with E-state index < -0.39 is 9.84 Å². The number of aromatic amines is 1. The number of nitrogens with one attached hydrogen (secondary N) is 1. The topological polar surface area (TPSA) is 109 Å². The van der Waals surface area contributed by atoms with E-state index in [-0.39, 0.29) is 11.7 Å². The van der Waals surface area contributed by atoms with Gasteiger partial charge in [0.1, 0.15) is 26.9 Å². The van der Waals surface area contributed by atoms with Gasteiger partial charge in [-0.1, -0.05) is 13.8 Å². The molecule has 0 radical (unpaired) electrons. The van der Waals surface area contributed by atoms with Gasteiger partial charge in [-0.05, 0) is 69.7 Å². The molecule has 5 rings (SSSR count). The zero-order valence-corrected chi connectivity index (χ0v) is 24.0. The number of H-pyrrole nitrogens is 1. The number of piperidine rings is 1. The molecule has 9 nitrogen and oxygen atoms in total. The van der Waals surface area contributed by atoms with Crippen LogP contribution < -0.4 is 0 Å². The van der Waals surface area contributed by atoms with Crippen LogP contribution in [0.5, 0.6) is 0 Å². The van der Waals surface area contributed by atoms with Crippen LogP contribution in [0.15, 0.2) is 12.5 Å². The first kappa shape index (κ1) is 26.0. The summed E-state index contributed by atoms with van der Waals surface area (Å²) in [5.74, 6) is 0.922. The standard InChI is InChI=1S/C26H35N7O2S2/c1-15(2)21-22(20-13-33-25(27-14-28-33)17(4)16(20)3)30-31-23(21)26-29-18(5)24(36-26)19-7-9-32(10-8-19)11-12-37(6,34)35/h13-15,19H,7-12H2,1-6H3,(H,30,31). The molecule has 0 saturated carbocycles. The summed E-state index contributed by atoms with van der Waals surface area (Å²) in [6.45, 7) is 13.1. The van der Waals surface area contributed by atoms with E-state index in [1.165, 1.54) is 11.1 Å². The van der Waals surface area contributed by atoms with Crippen molar-refractivity contribution in [3.63, 3.8) is 0 Å². The molecule has 1 fully saturated rings. The molecular weight excluding hydrogens is 506 g/mol. The first-order valence-corrected chi connectivity index (χ1v) is 15.7. The Kier molecular flexibility index (Phi) is 6.97. The Morgan fingerprint density at radius 1 is 1.16 bits per heavy atom. The lowest BCUT2D eigenvalue weighted by atomic mass is 9.94. The molecule has 1 saturated heterocycles. The fraction of sp³-hybridized carbons (Fsp3) is 0.538. The van der Waals surface area contributed by atoms with Crippen molar-refractivity contribution in [1.29, 1.82) is 0 Å². The van der Waals surface area contributed by atoms with Crippen molar-refractivity contribution < 1.29 is 8.42 Å². The number of fused-ring (bicyclic) bond motifs is 1. The zero-order chi connectivity index (χ0) is 26.5.